The molecule has 13 heavy (non-hydrogen) atoms. The summed E-state index contributed by atoms with van der Waals surface area (Å²) in [5.74, 6) is -1.78. The van der Waals surface area contributed by atoms with E-state index in [-0.39, 0.29) is 12.6 Å². The first-order valence-electron chi connectivity index (χ1n) is 3.80. The van der Waals surface area contributed by atoms with Crippen LogP contribution in [0.15, 0.2) is 18.2 Å². The van der Waals surface area contributed by atoms with Crippen LogP contribution in [0.4, 0.5) is 14.5 Å². The summed E-state index contributed by atoms with van der Waals surface area (Å²) in [4.78, 5) is 0. The molecule has 1 rings (SSSR count). The van der Waals surface area contributed by atoms with Gasteiger partial charge in [-0.25, -0.2) is 8.78 Å². The van der Waals surface area contributed by atoms with Crippen molar-refractivity contribution in [3.63, 3.8) is 0 Å². The maximum Gasteiger partial charge on any atom is 0.160 e. The summed E-state index contributed by atoms with van der Waals surface area (Å²) >= 11 is 0. The number of halogens is 2. The van der Waals surface area contributed by atoms with Gasteiger partial charge in [0.2, 0.25) is 0 Å². The monoisotopic (exact) mass is 186 g/mol. The number of hydrogen-bond acceptors (Lipinski definition) is 2. The third-order valence-electron chi connectivity index (χ3n) is 1.47. The van der Waals surface area contributed by atoms with E-state index in [0.29, 0.717) is 5.69 Å². The predicted octanol–water partition coefficient (Wildman–Crippen LogP) is 2.30. The van der Waals surface area contributed by atoms with E-state index in [1.165, 1.54) is 13.0 Å². The number of aliphatic hydroxyl groups excluding tert-OH is 1. The van der Waals surface area contributed by atoms with E-state index in [1.54, 1.807) is 0 Å². The van der Waals surface area contributed by atoms with Gasteiger partial charge in [0.25, 0.3) is 0 Å². The zero-order valence-corrected chi connectivity index (χ0v) is 7.14. The molecular formula is C9H10F2NO. The second-order valence-corrected chi connectivity index (χ2v) is 2.72. The van der Waals surface area contributed by atoms with Crippen molar-refractivity contribution >= 4 is 5.69 Å². The molecular weight excluding hydrogens is 176 g/mol. The standard InChI is InChI=1S/C9H10F2NO/c1-6(13)5-12-7-2-3-8(10)9(11)4-7/h2-4,12-13H,5H2,1H3. The van der Waals surface area contributed by atoms with Gasteiger partial charge in [-0.3, -0.25) is 0 Å². The molecule has 1 aromatic carbocycles. The fourth-order valence-electron chi connectivity index (χ4n) is 0.836. The Morgan fingerprint density at radius 3 is 2.62 bits per heavy atom. The molecule has 0 spiro atoms. The van der Waals surface area contributed by atoms with E-state index in [0.717, 1.165) is 12.1 Å². The molecule has 2 nitrogen and oxygen atoms in total. The molecule has 2 N–H and O–H groups in total. The van der Waals surface area contributed by atoms with Crippen LogP contribution < -0.4 is 5.32 Å². The highest BCUT2D eigenvalue weighted by molar-refractivity contribution is 5.43. The van der Waals surface area contributed by atoms with E-state index in [1.807, 2.05) is 0 Å². The molecule has 0 saturated carbocycles. The Balaban J connectivity index is 2.63. The molecule has 1 aromatic rings. The Labute approximate surface area is 75.2 Å². The van der Waals surface area contributed by atoms with Crippen molar-refractivity contribution in [2.24, 2.45) is 0 Å². The molecule has 1 radical (unpaired) electrons. The summed E-state index contributed by atoms with van der Waals surface area (Å²) in [6, 6.07) is 3.48. The molecule has 0 fully saturated rings. The summed E-state index contributed by atoms with van der Waals surface area (Å²) in [7, 11) is 0. The maximum atomic E-state index is 12.6. The largest absolute Gasteiger partial charge is 0.385 e. The Morgan fingerprint density at radius 2 is 2.08 bits per heavy atom. The molecule has 0 aliphatic rings. The van der Waals surface area contributed by atoms with E-state index in [2.05, 4.69) is 5.32 Å². The fraction of sp³-hybridized carbons (Fsp3) is 0.222. The molecule has 0 unspecified atom stereocenters. The van der Waals surface area contributed by atoms with Gasteiger partial charge in [-0.2, -0.15) is 0 Å². The highest BCUT2D eigenvalue weighted by atomic mass is 19.2. The first-order chi connectivity index (χ1) is 6.09. The van der Waals surface area contributed by atoms with Crippen LogP contribution in [0.25, 0.3) is 0 Å². The van der Waals surface area contributed by atoms with Crippen LogP contribution in [0.1, 0.15) is 6.92 Å². The third kappa shape index (κ3) is 2.99. The summed E-state index contributed by atoms with van der Waals surface area (Å²) < 4.78 is 25.1. The Morgan fingerprint density at radius 1 is 1.38 bits per heavy atom. The Bertz CT molecular complexity index is 289. The third-order valence-corrected chi connectivity index (χ3v) is 1.47. The lowest BCUT2D eigenvalue weighted by Crippen LogP contribution is -2.08. The summed E-state index contributed by atoms with van der Waals surface area (Å²) in [5, 5.41) is 11.5. The zero-order chi connectivity index (χ0) is 9.84. The lowest BCUT2D eigenvalue weighted by molar-refractivity contribution is 0.318. The highest BCUT2D eigenvalue weighted by Crippen LogP contribution is 2.13. The van der Waals surface area contributed by atoms with Crippen LogP contribution in [0.5, 0.6) is 0 Å². The SMILES string of the molecule is C[C](O)CNc1ccc(F)c(F)c1. The van der Waals surface area contributed by atoms with Crippen molar-refractivity contribution in [1.82, 2.24) is 0 Å². The quantitative estimate of drug-likeness (QED) is 0.759. The van der Waals surface area contributed by atoms with Crippen molar-refractivity contribution in [2.45, 2.75) is 6.92 Å². The lowest BCUT2D eigenvalue weighted by Gasteiger charge is -2.07. The Kier molecular flexibility index (Phi) is 3.19. The molecule has 0 aliphatic carbocycles. The second-order valence-electron chi connectivity index (χ2n) is 2.72. The topological polar surface area (TPSA) is 32.3 Å². The number of nitrogens with one attached hydrogen (secondary N) is 1. The number of hydrogen-bond donors (Lipinski definition) is 2. The van der Waals surface area contributed by atoms with E-state index in [9.17, 15) is 8.78 Å². The van der Waals surface area contributed by atoms with E-state index >= 15 is 0 Å². The van der Waals surface area contributed by atoms with Gasteiger partial charge in [0, 0.05) is 18.3 Å². The molecule has 0 saturated heterocycles. The van der Waals surface area contributed by atoms with Gasteiger partial charge in [-0.1, -0.05) is 0 Å². The summed E-state index contributed by atoms with van der Waals surface area (Å²) in [6.45, 7) is 1.75. The van der Waals surface area contributed by atoms with Crippen molar-refractivity contribution < 1.29 is 13.9 Å². The van der Waals surface area contributed by atoms with Gasteiger partial charge in [-0.15, -0.1) is 0 Å². The van der Waals surface area contributed by atoms with E-state index in [4.69, 9.17) is 5.11 Å². The predicted molar refractivity (Wildman–Crippen MR) is 45.7 cm³/mol. The average Bonchev–Trinajstić information content (AvgIpc) is 2.07. The summed E-state index contributed by atoms with van der Waals surface area (Å²) in [6.07, 6.45) is 0.185. The number of anilines is 1. The van der Waals surface area contributed by atoms with Crippen molar-refractivity contribution in [1.29, 1.82) is 0 Å². The van der Waals surface area contributed by atoms with Crippen LogP contribution in [-0.4, -0.2) is 11.7 Å². The van der Waals surface area contributed by atoms with Gasteiger partial charge in [-0.05, 0) is 19.1 Å². The van der Waals surface area contributed by atoms with Gasteiger partial charge >= 0.3 is 0 Å². The molecule has 0 aliphatic heterocycles. The van der Waals surface area contributed by atoms with Gasteiger partial charge < -0.3 is 10.4 Å². The van der Waals surface area contributed by atoms with Crippen LogP contribution in [0.2, 0.25) is 0 Å². The smallest absolute Gasteiger partial charge is 0.160 e. The lowest BCUT2D eigenvalue weighted by atomic mass is 10.3. The fourth-order valence-corrected chi connectivity index (χ4v) is 0.836. The molecule has 0 aromatic heterocycles. The minimum absolute atomic E-state index is 0.185. The minimum atomic E-state index is -0.902. The molecule has 0 bridgehead atoms. The van der Waals surface area contributed by atoms with Crippen LogP contribution in [0, 0.1) is 17.7 Å². The molecule has 0 heterocycles. The van der Waals surface area contributed by atoms with Gasteiger partial charge in [0.1, 0.15) is 6.10 Å². The molecule has 71 valence electrons. The zero-order valence-electron chi connectivity index (χ0n) is 7.14. The molecule has 0 atom stereocenters. The normalized spacial score (nSPS) is 10.5. The van der Waals surface area contributed by atoms with Crippen molar-refractivity contribution in [3.8, 4) is 0 Å². The molecule has 4 heteroatoms. The van der Waals surface area contributed by atoms with Crippen LogP contribution >= 0.6 is 0 Å². The minimum Gasteiger partial charge on any atom is -0.385 e. The first-order valence-corrected chi connectivity index (χ1v) is 3.80. The highest BCUT2D eigenvalue weighted by Gasteiger charge is 2.02. The average molecular weight is 186 g/mol. The van der Waals surface area contributed by atoms with Crippen LogP contribution in [0.3, 0.4) is 0 Å². The number of aliphatic hydroxyl groups is 1. The maximum absolute atomic E-state index is 12.6. The number of rotatable bonds is 3. The van der Waals surface area contributed by atoms with Crippen molar-refractivity contribution in [2.75, 3.05) is 11.9 Å². The number of benzene rings is 1. The van der Waals surface area contributed by atoms with E-state index < -0.39 is 11.6 Å². The Hall–Kier alpha value is -1.16. The molecule has 0 amide bonds. The van der Waals surface area contributed by atoms with Crippen molar-refractivity contribution in [3.05, 3.63) is 35.9 Å². The van der Waals surface area contributed by atoms with Gasteiger partial charge in [0.05, 0.1) is 0 Å². The second kappa shape index (κ2) is 4.18. The van der Waals surface area contributed by atoms with Crippen LogP contribution in [-0.2, 0) is 0 Å². The first kappa shape index (κ1) is 9.92. The van der Waals surface area contributed by atoms with Gasteiger partial charge in [0.15, 0.2) is 11.6 Å². The summed E-state index contributed by atoms with van der Waals surface area (Å²) in [5.41, 5.74) is 0.437.